The maximum Gasteiger partial charge on any atom is 0.225 e. The summed E-state index contributed by atoms with van der Waals surface area (Å²) in [5, 5.41) is 17.9. The number of aliphatic hydroxyl groups excluding tert-OH is 1. The van der Waals surface area contributed by atoms with Crippen LogP contribution in [0.3, 0.4) is 0 Å². The number of nitrogens with zero attached hydrogens (tertiary/aromatic N) is 5. The number of amides is 1. The Morgan fingerprint density at radius 3 is 2.96 bits per heavy atom. The third-order valence-corrected chi connectivity index (χ3v) is 4.63. The number of pyridine rings is 1. The van der Waals surface area contributed by atoms with E-state index in [2.05, 4.69) is 26.4 Å². The van der Waals surface area contributed by atoms with E-state index < -0.39 is 6.10 Å². The largest absolute Gasteiger partial charge is 0.386 e. The zero-order chi connectivity index (χ0) is 18.7. The van der Waals surface area contributed by atoms with E-state index in [0.29, 0.717) is 5.69 Å². The Hall–Kier alpha value is -2.45. The minimum atomic E-state index is -0.870. The lowest BCUT2D eigenvalue weighted by molar-refractivity contribution is -0.130. The molecule has 0 bridgehead atoms. The van der Waals surface area contributed by atoms with Crippen molar-refractivity contribution in [3.05, 3.63) is 41.3 Å². The van der Waals surface area contributed by atoms with Gasteiger partial charge in [-0.05, 0) is 12.1 Å². The van der Waals surface area contributed by atoms with Crippen LogP contribution in [-0.2, 0) is 24.4 Å². The third kappa shape index (κ3) is 4.03. The molecular weight excluding hydrogens is 332 g/mol. The highest BCUT2D eigenvalue weighted by Crippen LogP contribution is 2.22. The molecule has 0 radical (unpaired) electrons. The molecule has 1 amide bonds. The fourth-order valence-electron chi connectivity index (χ4n) is 3.13. The van der Waals surface area contributed by atoms with Crippen molar-refractivity contribution in [2.24, 2.45) is 0 Å². The van der Waals surface area contributed by atoms with E-state index in [4.69, 9.17) is 0 Å². The normalized spacial score (nSPS) is 15.4. The Kier molecular flexibility index (Phi) is 5.53. The summed E-state index contributed by atoms with van der Waals surface area (Å²) in [6.07, 6.45) is 0.961. The lowest BCUT2D eigenvalue weighted by Crippen LogP contribution is -2.33. The summed E-state index contributed by atoms with van der Waals surface area (Å²) in [5.74, 6) is 0.783. The van der Waals surface area contributed by atoms with Crippen LogP contribution in [0, 0.1) is 0 Å². The standard InChI is InChI=1S/C18H26N6O2/c1-19-18-13(5-4-6-20-18)11-23-7-8-24-14(12-23)9-15(21-24)16(25)10-17(26)22(2)3/h4-6,9,16,25H,7-8,10-12H2,1-3H3,(H,19,20)/t16-/m1/s1. The van der Waals surface area contributed by atoms with E-state index in [1.54, 1.807) is 20.3 Å². The van der Waals surface area contributed by atoms with Crippen molar-refractivity contribution in [3.8, 4) is 0 Å². The molecule has 3 heterocycles. The van der Waals surface area contributed by atoms with Crippen LogP contribution in [0.25, 0.3) is 0 Å². The maximum atomic E-state index is 11.8. The second kappa shape index (κ2) is 7.84. The van der Waals surface area contributed by atoms with Crippen LogP contribution in [-0.4, -0.2) is 63.3 Å². The van der Waals surface area contributed by atoms with Crippen molar-refractivity contribution in [1.82, 2.24) is 24.6 Å². The highest BCUT2D eigenvalue weighted by molar-refractivity contribution is 5.76. The first-order valence-corrected chi connectivity index (χ1v) is 8.76. The second-order valence-electron chi connectivity index (χ2n) is 6.76. The van der Waals surface area contributed by atoms with Crippen LogP contribution in [0.15, 0.2) is 24.4 Å². The zero-order valence-electron chi connectivity index (χ0n) is 15.5. The molecule has 1 aliphatic rings. The minimum Gasteiger partial charge on any atom is -0.386 e. The van der Waals surface area contributed by atoms with E-state index in [9.17, 15) is 9.90 Å². The van der Waals surface area contributed by atoms with Gasteiger partial charge in [0.1, 0.15) is 11.9 Å². The molecular formula is C18H26N6O2. The molecule has 140 valence electrons. The first kappa shape index (κ1) is 18.3. The van der Waals surface area contributed by atoms with Gasteiger partial charge in [0, 0.05) is 52.5 Å². The maximum absolute atomic E-state index is 11.8. The van der Waals surface area contributed by atoms with Crippen molar-refractivity contribution in [1.29, 1.82) is 0 Å². The Bertz CT molecular complexity index is 773. The van der Waals surface area contributed by atoms with Crippen molar-refractivity contribution in [2.45, 2.75) is 32.2 Å². The number of hydrogen-bond acceptors (Lipinski definition) is 6. The predicted molar refractivity (Wildman–Crippen MR) is 98.4 cm³/mol. The lowest BCUT2D eigenvalue weighted by atomic mass is 10.1. The fraction of sp³-hybridized carbons (Fsp3) is 0.500. The molecule has 2 aromatic heterocycles. The van der Waals surface area contributed by atoms with E-state index in [1.165, 1.54) is 4.90 Å². The Morgan fingerprint density at radius 1 is 1.42 bits per heavy atom. The summed E-state index contributed by atoms with van der Waals surface area (Å²) in [6, 6.07) is 5.93. The van der Waals surface area contributed by atoms with Gasteiger partial charge in [0.25, 0.3) is 0 Å². The smallest absolute Gasteiger partial charge is 0.225 e. The molecule has 0 fully saturated rings. The lowest BCUT2D eigenvalue weighted by Gasteiger charge is -2.27. The van der Waals surface area contributed by atoms with Gasteiger partial charge < -0.3 is 15.3 Å². The van der Waals surface area contributed by atoms with Crippen molar-refractivity contribution in [2.75, 3.05) is 33.0 Å². The van der Waals surface area contributed by atoms with Crippen LogP contribution in [0.4, 0.5) is 5.82 Å². The molecule has 0 saturated carbocycles. The molecule has 1 atom stereocenters. The Morgan fingerprint density at radius 2 is 2.23 bits per heavy atom. The number of hydrogen-bond donors (Lipinski definition) is 2. The topological polar surface area (TPSA) is 86.5 Å². The third-order valence-electron chi connectivity index (χ3n) is 4.63. The molecule has 8 nitrogen and oxygen atoms in total. The van der Waals surface area contributed by atoms with Gasteiger partial charge in [-0.3, -0.25) is 14.4 Å². The van der Waals surface area contributed by atoms with Crippen molar-refractivity contribution in [3.63, 3.8) is 0 Å². The summed E-state index contributed by atoms with van der Waals surface area (Å²) < 4.78 is 1.93. The number of aliphatic hydroxyl groups is 1. The van der Waals surface area contributed by atoms with Gasteiger partial charge in [-0.1, -0.05) is 6.07 Å². The van der Waals surface area contributed by atoms with Gasteiger partial charge >= 0.3 is 0 Å². The molecule has 0 unspecified atom stereocenters. The molecule has 26 heavy (non-hydrogen) atoms. The number of carbonyl (C=O) groups is 1. The number of fused-ring (bicyclic) bond motifs is 1. The van der Waals surface area contributed by atoms with E-state index >= 15 is 0 Å². The highest BCUT2D eigenvalue weighted by atomic mass is 16.3. The molecule has 0 aromatic carbocycles. The number of rotatable bonds is 6. The zero-order valence-corrected chi connectivity index (χ0v) is 15.5. The monoisotopic (exact) mass is 358 g/mol. The number of nitrogens with one attached hydrogen (secondary N) is 1. The van der Waals surface area contributed by atoms with E-state index in [1.807, 2.05) is 23.9 Å². The average molecular weight is 358 g/mol. The molecule has 8 heteroatoms. The van der Waals surface area contributed by atoms with Gasteiger partial charge in [-0.2, -0.15) is 5.10 Å². The molecule has 0 saturated heterocycles. The molecule has 0 aliphatic carbocycles. The number of anilines is 1. The molecule has 0 spiro atoms. The second-order valence-corrected chi connectivity index (χ2v) is 6.76. The molecule has 1 aliphatic heterocycles. The minimum absolute atomic E-state index is 0.0500. The van der Waals surface area contributed by atoms with Gasteiger partial charge in [-0.25, -0.2) is 4.98 Å². The van der Waals surface area contributed by atoms with Gasteiger partial charge in [0.2, 0.25) is 5.91 Å². The molecule has 2 N–H and O–H groups in total. The first-order chi connectivity index (χ1) is 12.5. The van der Waals surface area contributed by atoms with Crippen LogP contribution in [0.1, 0.15) is 29.5 Å². The van der Waals surface area contributed by atoms with Crippen LogP contribution in [0.2, 0.25) is 0 Å². The average Bonchev–Trinajstić information content (AvgIpc) is 3.05. The van der Waals surface area contributed by atoms with Gasteiger partial charge in [-0.15, -0.1) is 0 Å². The van der Waals surface area contributed by atoms with Crippen LogP contribution >= 0.6 is 0 Å². The van der Waals surface area contributed by atoms with Crippen LogP contribution in [0.5, 0.6) is 0 Å². The Balaban J connectivity index is 1.67. The van der Waals surface area contributed by atoms with Gasteiger partial charge in [0.05, 0.1) is 24.4 Å². The van der Waals surface area contributed by atoms with E-state index in [-0.39, 0.29) is 12.3 Å². The molecule has 2 aromatic rings. The highest BCUT2D eigenvalue weighted by Gasteiger charge is 2.23. The SMILES string of the molecule is CNc1ncccc1CN1CCn2nc([C@H](O)CC(=O)N(C)C)cc2C1. The summed E-state index contributed by atoms with van der Waals surface area (Å²) in [6.45, 7) is 3.18. The number of aromatic nitrogens is 3. The number of carbonyl (C=O) groups excluding carboxylic acids is 1. The first-order valence-electron chi connectivity index (χ1n) is 8.76. The van der Waals surface area contributed by atoms with Crippen molar-refractivity contribution < 1.29 is 9.90 Å². The Labute approximate surface area is 153 Å². The summed E-state index contributed by atoms with van der Waals surface area (Å²) >= 11 is 0. The summed E-state index contributed by atoms with van der Waals surface area (Å²) in [4.78, 5) is 20.0. The fourth-order valence-corrected chi connectivity index (χ4v) is 3.13. The van der Waals surface area contributed by atoms with Crippen molar-refractivity contribution >= 4 is 11.7 Å². The quantitative estimate of drug-likeness (QED) is 0.796. The summed E-state index contributed by atoms with van der Waals surface area (Å²) in [5.41, 5.74) is 2.77. The van der Waals surface area contributed by atoms with Gasteiger partial charge in [0.15, 0.2) is 0 Å². The van der Waals surface area contributed by atoms with E-state index in [0.717, 1.165) is 43.3 Å². The molecule has 3 rings (SSSR count). The van der Waals surface area contributed by atoms with Crippen LogP contribution < -0.4 is 5.32 Å². The predicted octanol–water partition coefficient (Wildman–Crippen LogP) is 0.847. The summed E-state index contributed by atoms with van der Waals surface area (Å²) in [7, 11) is 5.24.